The molecular formula is C33H34N10S. The van der Waals surface area contributed by atoms with Crippen LogP contribution in [0, 0.1) is 30.1 Å². The minimum atomic E-state index is 0.222. The third-order valence-electron chi connectivity index (χ3n) is 9.63. The number of nitrogens with one attached hydrogen (secondary N) is 1. The van der Waals surface area contributed by atoms with Gasteiger partial charge < -0.3 is 16.0 Å². The van der Waals surface area contributed by atoms with Gasteiger partial charge in [-0.15, -0.1) is 16.4 Å². The van der Waals surface area contributed by atoms with E-state index in [1.807, 2.05) is 24.4 Å². The molecule has 2 bridgehead atoms. The average molecular weight is 603 g/mol. The number of anilines is 4. The van der Waals surface area contributed by atoms with Gasteiger partial charge in [0, 0.05) is 49.2 Å². The molecule has 5 aromatic rings. The van der Waals surface area contributed by atoms with E-state index in [0.29, 0.717) is 23.2 Å². The third kappa shape index (κ3) is 4.84. The van der Waals surface area contributed by atoms with Crippen molar-refractivity contribution in [1.82, 2.24) is 29.6 Å². The highest BCUT2D eigenvalue weighted by atomic mass is 32.1. The normalized spacial score (nSPS) is 21.6. The largest absolute Gasteiger partial charge is 0.369 e. The van der Waals surface area contributed by atoms with Crippen LogP contribution in [0.5, 0.6) is 0 Å². The van der Waals surface area contributed by atoms with Crippen molar-refractivity contribution in [2.45, 2.75) is 38.6 Å². The molecule has 0 radical (unpaired) electrons. The third-order valence-corrected chi connectivity index (χ3v) is 10.7. The fraction of sp³-hybridized carbons (Fsp3) is 0.364. The summed E-state index contributed by atoms with van der Waals surface area (Å²) in [4.78, 5) is 19.4. The van der Waals surface area contributed by atoms with E-state index in [-0.39, 0.29) is 5.95 Å². The molecule has 3 atom stereocenters. The lowest BCUT2D eigenvalue weighted by Gasteiger charge is -2.41. The molecule has 2 aliphatic carbocycles. The van der Waals surface area contributed by atoms with Gasteiger partial charge in [-0.25, -0.2) is 9.97 Å². The molecule has 2 aromatic carbocycles. The summed E-state index contributed by atoms with van der Waals surface area (Å²) >= 11 is 1.54. The molecular weight excluding hydrogens is 569 g/mol. The first-order chi connectivity index (χ1) is 21.5. The maximum absolute atomic E-state index is 9.39. The van der Waals surface area contributed by atoms with Crippen LogP contribution in [0.2, 0.25) is 0 Å². The monoisotopic (exact) mass is 602 g/mol. The van der Waals surface area contributed by atoms with E-state index in [1.165, 1.54) is 31.4 Å². The summed E-state index contributed by atoms with van der Waals surface area (Å²) in [6.45, 7) is 6.47. The Kier molecular flexibility index (Phi) is 6.69. The van der Waals surface area contributed by atoms with Gasteiger partial charge in [0.1, 0.15) is 0 Å². The maximum atomic E-state index is 9.39. The van der Waals surface area contributed by atoms with E-state index >= 15 is 0 Å². The Bertz CT molecular complexity index is 1880. The van der Waals surface area contributed by atoms with Crippen LogP contribution in [0.4, 0.5) is 23.3 Å². The molecule has 3 aliphatic rings. The van der Waals surface area contributed by atoms with Crippen molar-refractivity contribution >= 4 is 44.8 Å². The first-order valence-corrected chi connectivity index (χ1v) is 16.3. The fourth-order valence-electron chi connectivity index (χ4n) is 7.41. The van der Waals surface area contributed by atoms with Crippen LogP contribution in [-0.4, -0.2) is 61.9 Å². The smallest absolute Gasteiger partial charge is 0.248 e. The van der Waals surface area contributed by atoms with Gasteiger partial charge in [0.15, 0.2) is 11.6 Å². The Balaban J connectivity index is 0.997. The highest BCUT2D eigenvalue weighted by Crippen LogP contribution is 2.46. The van der Waals surface area contributed by atoms with E-state index in [2.05, 4.69) is 50.4 Å². The molecule has 11 heteroatoms. The molecule has 0 spiro atoms. The number of thiophene rings is 1. The summed E-state index contributed by atoms with van der Waals surface area (Å²) in [6.07, 6.45) is 5.79. The quantitative estimate of drug-likeness (QED) is 0.250. The maximum Gasteiger partial charge on any atom is 0.248 e. The Morgan fingerprint density at radius 1 is 1.00 bits per heavy atom. The number of hydrogen-bond donors (Lipinski definition) is 2. The van der Waals surface area contributed by atoms with Crippen molar-refractivity contribution < 1.29 is 0 Å². The van der Waals surface area contributed by atoms with Gasteiger partial charge in [-0.1, -0.05) is 18.6 Å². The molecule has 44 heavy (non-hydrogen) atoms. The van der Waals surface area contributed by atoms with Crippen molar-refractivity contribution in [1.29, 1.82) is 5.26 Å². The number of aromatic nitrogens is 5. The van der Waals surface area contributed by atoms with Crippen molar-refractivity contribution in [2.24, 2.45) is 11.8 Å². The first-order valence-electron chi connectivity index (χ1n) is 15.4. The summed E-state index contributed by atoms with van der Waals surface area (Å²) in [5, 5.41) is 19.4. The molecule has 8 rings (SSSR count). The number of fused-ring (bicyclic) bond motifs is 3. The van der Waals surface area contributed by atoms with Crippen molar-refractivity contribution in [3.05, 3.63) is 65.0 Å². The second-order valence-corrected chi connectivity index (χ2v) is 13.2. The van der Waals surface area contributed by atoms with Gasteiger partial charge >= 0.3 is 0 Å². The van der Waals surface area contributed by atoms with Crippen LogP contribution in [0.25, 0.3) is 27.4 Å². The lowest BCUT2D eigenvalue weighted by atomic mass is 9.93. The number of nitrogen functional groups attached to an aromatic ring is 1. The molecule has 3 fully saturated rings. The lowest BCUT2D eigenvalue weighted by molar-refractivity contribution is 0.135. The van der Waals surface area contributed by atoms with Crippen LogP contribution in [-0.2, 0) is 0 Å². The standard InChI is InChI=1S/C33H34N10S/c1-20-19-44-29-28(20)37-30(24-4-2-3-22(16-24)18-34)38-31(29)43-32(35)39-33(40-43)36-25-7-9-26(10-8-25)41-11-13-42(14-12-41)27-17-21-5-6-23(27)15-21/h2-4,7-10,16,19,21,23,27H,5-6,11-15,17H2,1H3,(H3,35,36,39,40). The van der Waals surface area contributed by atoms with Gasteiger partial charge in [-0.05, 0) is 85.4 Å². The molecule has 4 heterocycles. The van der Waals surface area contributed by atoms with Crippen LogP contribution in [0.15, 0.2) is 53.9 Å². The van der Waals surface area contributed by atoms with Crippen LogP contribution in [0.1, 0.15) is 36.8 Å². The zero-order valence-electron chi connectivity index (χ0n) is 24.6. The fourth-order valence-corrected chi connectivity index (χ4v) is 8.37. The summed E-state index contributed by atoms with van der Waals surface area (Å²) < 4.78 is 2.43. The number of nitrogens with two attached hydrogens (primary N) is 1. The second-order valence-electron chi connectivity index (χ2n) is 12.3. The van der Waals surface area contributed by atoms with E-state index in [9.17, 15) is 5.26 Å². The summed E-state index contributed by atoms with van der Waals surface area (Å²) in [7, 11) is 0. The molecule has 1 saturated heterocycles. The molecule has 3 N–H and O–H groups in total. The highest BCUT2D eigenvalue weighted by Gasteiger charge is 2.42. The molecule has 2 saturated carbocycles. The number of piperazine rings is 1. The minimum absolute atomic E-state index is 0.222. The van der Waals surface area contributed by atoms with Crippen molar-refractivity contribution in [2.75, 3.05) is 42.1 Å². The summed E-state index contributed by atoms with van der Waals surface area (Å²) in [6, 6.07) is 18.8. The Morgan fingerprint density at radius 3 is 2.59 bits per heavy atom. The minimum Gasteiger partial charge on any atom is -0.369 e. The topological polar surface area (TPSA) is 125 Å². The number of nitriles is 1. The molecule has 0 amide bonds. The number of nitrogens with zero attached hydrogens (tertiary/aromatic N) is 8. The van der Waals surface area contributed by atoms with Gasteiger partial charge in [0.25, 0.3) is 0 Å². The van der Waals surface area contributed by atoms with E-state index in [1.54, 1.807) is 28.2 Å². The van der Waals surface area contributed by atoms with Gasteiger partial charge in [-0.2, -0.15) is 14.9 Å². The SMILES string of the molecule is Cc1csc2c(-n3nc(Nc4ccc(N5CCN(C6CC7CCC6C7)CC5)cc4)nc3N)nc(-c3cccc(C#N)c3)nc12. The predicted molar refractivity (Wildman–Crippen MR) is 174 cm³/mol. The van der Waals surface area contributed by atoms with E-state index < -0.39 is 0 Å². The van der Waals surface area contributed by atoms with Crippen LogP contribution < -0.4 is 16.0 Å². The molecule has 1 aliphatic heterocycles. The highest BCUT2D eigenvalue weighted by molar-refractivity contribution is 7.17. The number of benzene rings is 2. The summed E-state index contributed by atoms with van der Waals surface area (Å²) in [5.41, 5.74) is 11.7. The molecule has 222 valence electrons. The van der Waals surface area contributed by atoms with Gasteiger partial charge in [-0.3, -0.25) is 4.90 Å². The summed E-state index contributed by atoms with van der Waals surface area (Å²) in [5.74, 6) is 3.61. The molecule has 3 unspecified atom stereocenters. The van der Waals surface area contributed by atoms with E-state index in [0.717, 1.165) is 71.1 Å². The van der Waals surface area contributed by atoms with Crippen molar-refractivity contribution in [3.8, 4) is 23.3 Å². The second kappa shape index (κ2) is 10.9. The van der Waals surface area contributed by atoms with Crippen LogP contribution >= 0.6 is 11.3 Å². The molecule has 10 nitrogen and oxygen atoms in total. The predicted octanol–water partition coefficient (Wildman–Crippen LogP) is 5.76. The van der Waals surface area contributed by atoms with Gasteiger partial charge in [0.2, 0.25) is 11.9 Å². The lowest BCUT2D eigenvalue weighted by Crippen LogP contribution is -2.51. The Morgan fingerprint density at radius 2 is 1.84 bits per heavy atom. The zero-order valence-corrected chi connectivity index (χ0v) is 25.5. The van der Waals surface area contributed by atoms with E-state index in [4.69, 9.17) is 20.8 Å². The number of rotatable bonds is 6. The first kappa shape index (κ1) is 27.0. The zero-order chi connectivity index (χ0) is 29.8. The van der Waals surface area contributed by atoms with Crippen LogP contribution in [0.3, 0.4) is 0 Å². The van der Waals surface area contributed by atoms with Crippen molar-refractivity contribution in [3.63, 3.8) is 0 Å². The average Bonchev–Trinajstić information content (AvgIpc) is 3.86. The number of hydrogen-bond acceptors (Lipinski definition) is 10. The Labute approximate surface area is 260 Å². The molecule has 3 aromatic heterocycles. The van der Waals surface area contributed by atoms with Gasteiger partial charge in [0.05, 0.1) is 21.8 Å². The number of aryl methyl sites for hydroxylation is 1. The Hall–Kier alpha value is -4.53.